The van der Waals surface area contributed by atoms with Gasteiger partial charge in [0.1, 0.15) is 4.90 Å². The number of benzene rings is 1. The topological polar surface area (TPSA) is 50.3 Å². The van der Waals surface area contributed by atoms with E-state index in [0.29, 0.717) is 13.0 Å². The summed E-state index contributed by atoms with van der Waals surface area (Å²) in [7, 11) is -2.04. The first-order valence-corrected chi connectivity index (χ1v) is 8.82. The maximum absolute atomic E-state index is 12.5. The molecule has 7 heteroatoms. The van der Waals surface area contributed by atoms with Crippen LogP contribution < -0.4 is 0 Å². The van der Waals surface area contributed by atoms with Crippen molar-refractivity contribution in [3.05, 3.63) is 57.8 Å². The van der Waals surface area contributed by atoms with Gasteiger partial charge in [0, 0.05) is 30.5 Å². The Hall–Kier alpha value is -0.950. The fourth-order valence-electron chi connectivity index (χ4n) is 1.81. The summed E-state index contributed by atoms with van der Waals surface area (Å²) in [6.07, 6.45) is 4.00. The summed E-state index contributed by atoms with van der Waals surface area (Å²) in [6, 6.07) is 8.48. The molecule has 0 radical (unpaired) electrons. The Kier molecular flexibility index (Phi) is 5.37. The van der Waals surface area contributed by atoms with E-state index in [0.717, 1.165) is 10.0 Å². The second kappa shape index (κ2) is 6.87. The zero-order chi connectivity index (χ0) is 15.5. The zero-order valence-corrected chi connectivity index (χ0v) is 14.5. The van der Waals surface area contributed by atoms with Crippen molar-refractivity contribution < 1.29 is 8.42 Å². The molecule has 0 atom stereocenters. The third kappa shape index (κ3) is 4.03. The molecule has 112 valence electrons. The minimum absolute atomic E-state index is 0.115. The number of sulfonamides is 1. The first kappa shape index (κ1) is 16.4. The van der Waals surface area contributed by atoms with E-state index in [9.17, 15) is 8.42 Å². The molecule has 0 aliphatic heterocycles. The molecular formula is C14H14BrClN2O2S. The highest BCUT2D eigenvalue weighted by atomic mass is 79.9. The van der Waals surface area contributed by atoms with Gasteiger partial charge < -0.3 is 0 Å². The molecule has 2 rings (SSSR count). The Morgan fingerprint density at radius 3 is 2.52 bits per heavy atom. The van der Waals surface area contributed by atoms with E-state index in [1.54, 1.807) is 31.6 Å². The average molecular weight is 390 g/mol. The van der Waals surface area contributed by atoms with Gasteiger partial charge in [-0.1, -0.05) is 27.5 Å². The Labute approximate surface area is 137 Å². The van der Waals surface area contributed by atoms with E-state index in [1.807, 2.05) is 12.1 Å². The normalized spacial score (nSPS) is 11.8. The maximum atomic E-state index is 12.5. The van der Waals surface area contributed by atoms with Gasteiger partial charge in [-0.05, 0) is 42.3 Å². The Morgan fingerprint density at radius 1 is 1.24 bits per heavy atom. The fraction of sp³-hybridized carbons (Fsp3) is 0.214. The van der Waals surface area contributed by atoms with E-state index in [4.69, 9.17) is 11.6 Å². The van der Waals surface area contributed by atoms with Crippen LogP contribution in [0.3, 0.4) is 0 Å². The van der Waals surface area contributed by atoms with E-state index in [1.165, 1.54) is 10.4 Å². The molecule has 2 aromatic rings. The Bertz CT molecular complexity index is 723. The van der Waals surface area contributed by atoms with Crippen molar-refractivity contribution in [1.29, 1.82) is 0 Å². The van der Waals surface area contributed by atoms with Gasteiger partial charge in [0.2, 0.25) is 10.0 Å². The van der Waals surface area contributed by atoms with E-state index < -0.39 is 10.0 Å². The lowest BCUT2D eigenvalue weighted by Gasteiger charge is -2.18. The summed E-state index contributed by atoms with van der Waals surface area (Å²) in [5.41, 5.74) is 1.04. The molecule has 0 bridgehead atoms. The van der Waals surface area contributed by atoms with Crippen molar-refractivity contribution in [3.63, 3.8) is 0 Å². The molecule has 21 heavy (non-hydrogen) atoms. The smallest absolute Gasteiger partial charge is 0.244 e. The number of hydrogen-bond acceptors (Lipinski definition) is 3. The maximum Gasteiger partial charge on any atom is 0.244 e. The standard InChI is InChI=1S/C14H14BrClN2O2S/c1-18(9-6-11-4-7-17-8-5-11)21(19,20)14-3-2-12(15)10-13(14)16/h2-5,7-8,10H,6,9H2,1H3. The van der Waals surface area contributed by atoms with Gasteiger partial charge in [0.25, 0.3) is 0 Å². The molecule has 0 unspecified atom stereocenters. The molecule has 1 heterocycles. The van der Waals surface area contributed by atoms with Gasteiger partial charge in [0.05, 0.1) is 5.02 Å². The number of hydrogen-bond donors (Lipinski definition) is 0. The van der Waals surface area contributed by atoms with Crippen molar-refractivity contribution in [3.8, 4) is 0 Å². The summed E-state index contributed by atoms with van der Waals surface area (Å²) in [6.45, 7) is 0.374. The summed E-state index contributed by atoms with van der Waals surface area (Å²) < 4.78 is 27.0. The lowest BCUT2D eigenvalue weighted by Crippen LogP contribution is -2.29. The third-order valence-corrected chi connectivity index (χ3v) is 5.88. The minimum Gasteiger partial charge on any atom is -0.265 e. The Balaban J connectivity index is 2.15. The first-order chi connectivity index (χ1) is 9.91. The van der Waals surface area contributed by atoms with Crippen LogP contribution in [0.4, 0.5) is 0 Å². The van der Waals surface area contributed by atoms with Crippen LogP contribution in [0.25, 0.3) is 0 Å². The molecule has 1 aromatic carbocycles. The minimum atomic E-state index is -3.59. The van der Waals surface area contributed by atoms with Crippen LogP contribution in [0.1, 0.15) is 5.56 Å². The van der Waals surface area contributed by atoms with Crippen molar-refractivity contribution >= 4 is 37.6 Å². The van der Waals surface area contributed by atoms with Crippen LogP contribution in [-0.2, 0) is 16.4 Å². The molecule has 0 spiro atoms. The lowest BCUT2D eigenvalue weighted by molar-refractivity contribution is 0.472. The number of nitrogens with zero attached hydrogens (tertiary/aromatic N) is 2. The van der Waals surface area contributed by atoms with E-state index >= 15 is 0 Å². The predicted molar refractivity (Wildman–Crippen MR) is 86.9 cm³/mol. The molecule has 0 aliphatic rings. The van der Waals surface area contributed by atoms with Crippen LogP contribution in [0.15, 0.2) is 52.1 Å². The first-order valence-electron chi connectivity index (χ1n) is 6.21. The highest BCUT2D eigenvalue weighted by molar-refractivity contribution is 9.10. The molecule has 0 saturated carbocycles. The molecule has 0 fully saturated rings. The second-order valence-corrected chi connectivity index (χ2v) is 7.84. The number of pyridine rings is 1. The van der Waals surface area contributed by atoms with Crippen LogP contribution in [0, 0.1) is 0 Å². The van der Waals surface area contributed by atoms with Crippen molar-refractivity contribution in [2.75, 3.05) is 13.6 Å². The van der Waals surface area contributed by atoms with E-state index in [-0.39, 0.29) is 9.92 Å². The highest BCUT2D eigenvalue weighted by Gasteiger charge is 2.23. The lowest BCUT2D eigenvalue weighted by atomic mass is 10.2. The third-order valence-electron chi connectivity index (χ3n) is 3.05. The molecular weight excluding hydrogens is 376 g/mol. The monoisotopic (exact) mass is 388 g/mol. The van der Waals surface area contributed by atoms with E-state index in [2.05, 4.69) is 20.9 Å². The van der Waals surface area contributed by atoms with Crippen molar-refractivity contribution in [2.24, 2.45) is 0 Å². The Morgan fingerprint density at radius 2 is 1.90 bits per heavy atom. The van der Waals surface area contributed by atoms with Gasteiger partial charge in [-0.15, -0.1) is 0 Å². The van der Waals surface area contributed by atoms with Gasteiger partial charge in [-0.25, -0.2) is 12.7 Å². The predicted octanol–water partition coefficient (Wildman–Crippen LogP) is 3.36. The largest absolute Gasteiger partial charge is 0.265 e. The zero-order valence-electron chi connectivity index (χ0n) is 11.3. The number of aromatic nitrogens is 1. The SMILES string of the molecule is CN(CCc1ccncc1)S(=O)(=O)c1ccc(Br)cc1Cl. The van der Waals surface area contributed by atoms with Crippen LogP contribution >= 0.6 is 27.5 Å². The summed E-state index contributed by atoms with van der Waals surface area (Å²) in [5.74, 6) is 0. The number of likely N-dealkylation sites (N-methyl/N-ethyl adjacent to an activating group) is 1. The molecule has 4 nitrogen and oxygen atoms in total. The summed E-state index contributed by atoms with van der Waals surface area (Å²) in [5, 5.41) is 0.208. The summed E-state index contributed by atoms with van der Waals surface area (Å²) >= 11 is 9.29. The van der Waals surface area contributed by atoms with Gasteiger partial charge in [0.15, 0.2) is 0 Å². The molecule has 0 aliphatic carbocycles. The summed E-state index contributed by atoms with van der Waals surface area (Å²) in [4.78, 5) is 4.05. The number of rotatable bonds is 5. The second-order valence-electron chi connectivity index (χ2n) is 4.51. The molecule has 0 N–H and O–H groups in total. The molecule has 0 saturated heterocycles. The highest BCUT2D eigenvalue weighted by Crippen LogP contribution is 2.27. The van der Waals surface area contributed by atoms with Crippen LogP contribution in [0.5, 0.6) is 0 Å². The number of halogens is 2. The van der Waals surface area contributed by atoms with Crippen molar-refractivity contribution in [2.45, 2.75) is 11.3 Å². The average Bonchev–Trinajstić information content (AvgIpc) is 2.45. The van der Waals surface area contributed by atoms with Crippen LogP contribution in [-0.4, -0.2) is 31.3 Å². The van der Waals surface area contributed by atoms with Gasteiger partial charge >= 0.3 is 0 Å². The quantitative estimate of drug-likeness (QED) is 0.788. The molecule has 0 amide bonds. The van der Waals surface area contributed by atoms with Crippen molar-refractivity contribution in [1.82, 2.24) is 9.29 Å². The van der Waals surface area contributed by atoms with Gasteiger partial charge in [-0.2, -0.15) is 0 Å². The fourth-order valence-corrected chi connectivity index (χ4v) is 3.99. The molecule has 1 aromatic heterocycles. The van der Waals surface area contributed by atoms with Gasteiger partial charge in [-0.3, -0.25) is 4.98 Å². The van der Waals surface area contributed by atoms with Crippen LogP contribution in [0.2, 0.25) is 5.02 Å².